The molecule has 3 aromatic heterocycles. The number of ether oxygens (including phenoxy) is 1. The number of nitrogens with one attached hydrogen (secondary N) is 4. The number of ketones is 1. The molecule has 0 amide bonds. The normalized spacial score (nSPS) is 22.3. The number of methoxy groups -OCH3 is 1. The molecule has 0 unspecified atom stereocenters. The first-order valence-corrected chi connectivity index (χ1v) is 14.4. The van der Waals surface area contributed by atoms with Gasteiger partial charge in [-0.25, -0.2) is 0 Å². The Morgan fingerprint density at radius 1 is 1.02 bits per heavy atom. The van der Waals surface area contributed by atoms with Crippen LogP contribution in [-0.2, 0) is 16.0 Å². The third-order valence-electron chi connectivity index (χ3n) is 9.16. The fourth-order valence-corrected chi connectivity index (χ4v) is 6.90. The molecular formula is C34H36N4O4. The lowest BCUT2D eigenvalue weighted by Gasteiger charge is -2.15. The van der Waals surface area contributed by atoms with Crippen LogP contribution in [0.25, 0.3) is 36.1 Å². The molecule has 1 aliphatic carbocycles. The summed E-state index contributed by atoms with van der Waals surface area (Å²) in [6, 6.07) is 0. The Hall–Kier alpha value is -4.72. The number of carbonyl (C=O) groups excluding carboxylic acids is 2. The monoisotopic (exact) mass is 564 g/mol. The summed E-state index contributed by atoms with van der Waals surface area (Å²) in [6.45, 7) is 14.3. The first-order chi connectivity index (χ1) is 20.2. The van der Waals surface area contributed by atoms with Crippen molar-refractivity contribution in [2.45, 2.75) is 47.5 Å². The van der Waals surface area contributed by atoms with Crippen LogP contribution in [0.2, 0.25) is 0 Å². The summed E-state index contributed by atoms with van der Waals surface area (Å²) in [6.07, 6.45) is 10.5. The van der Waals surface area contributed by atoms with Crippen LogP contribution < -0.4 is 26.6 Å². The molecule has 0 radical (unpaired) electrons. The van der Waals surface area contributed by atoms with Crippen LogP contribution in [0, 0.1) is 25.7 Å². The number of carbonyl (C=O) groups is 2. The molecule has 6 rings (SSSR count). The van der Waals surface area contributed by atoms with E-state index in [1.807, 2.05) is 32.1 Å². The van der Waals surface area contributed by atoms with Crippen molar-refractivity contribution in [3.63, 3.8) is 0 Å². The van der Waals surface area contributed by atoms with E-state index in [4.69, 9.17) is 4.74 Å². The smallest absolute Gasteiger partial charge is 0.321 e. The van der Waals surface area contributed by atoms with Gasteiger partial charge in [-0.1, -0.05) is 33.4 Å². The van der Waals surface area contributed by atoms with E-state index in [0.29, 0.717) is 28.1 Å². The van der Waals surface area contributed by atoms with E-state index < -0.39 is 11.9 Å². The highest BCUT2D eigenvalue weighted by atomic mass is 16.5. The van der Waals surface area contributed by atoms with Gasteiger partial charge in [0.15, 0.2) is 5.78 Å². The molecular weight excluding hydrogens is 528 g/mol. The van der Waals surface area contributed by atoms with Gasteiger partial charge >= 0.3 is 5.97 Å². The number of aliphatic hydroxyl groups is 1. The number of aliphatic hydroxyl groups excluding tert-OH is 1. The molecule has 2 atom stereocenters. The molecule has 3 aliphatic rings. The largest absolute Gasteiger partial charge is 0.515 e. The summed E-state index contributed by atoms with van der Waals surface area (Å²) in [5.41, 5.74) is 10.4. The van der Waals surface area contributed by atoms with Gasteiger partial charge in [-0.05, 0) is 67.2 Å². The summed E-state index contributed by atoms with van der Waals surface area (Å²) >= 11 is 0. The average Bonchev–Trinajstić information content (AvgIpc) is 3.72. The minimum atomic E-state index is -1.06. The predicted octanol–water partition coefficient (Wildman–Crippen LogP) is 2.84. The van der Waals surface area contributed by atoms with Gasteiger partial charge < -0.3 is 30.1 Å². The molecule has 8 heteroatoms. The highest BCUT2D eigenvalue weighted by Gasteiger charge is 2.44. The number of hydrogen-bond acceptors (Lipinski definition) is 5. The van der Waals surface area contributed by atoms with Gasteiger partial charge in [-0.3, -0.25) is 9.59 Å². The molecule has 2 aliphatic heterocycles. The fraction of sp³-hybridized carbons (Fsp3) is 0.294. The summed E-state index contributed by atoms with van der Waals surface area (Å²) < 4.78 is 5.16. The van der Waals surface area contributed by atoms with Crippen LogP contribution in [0.3, 0.4) is 0 Å². The van der Waals surface area contributed by atoms with Crippen LogP contribution in [0.4, 0.5) is 0 Å². The number of aromatic nitrogens is 3. The molecule has 5 heterocycles. The number of aromatic amines is 3. The van der Waals surface area contributed by atoms with Crippen molar-refractivity contribution in [1.29, 1.82) is 0 Å². The van der Waals surface area contributed by atoms with Crippen LogP contribution >= 0.6 is 0 Å². The maximum atomic E-state index is 13.9. The highest BCUT2D eigenvalue weighted by Crippen LogP contribution is 2.40. The Morgan fingerprint density at radius 2 is 1.76 bits per heavy atom. The van der Waals surface area contributed by atoms with E-state index in [0.717, 1.165) is 79.7 Å². The zero-order valence-electron chi connectivity index (χ0n) is 24.8. The Morgan fingerprint density at radius 3 is 2.40 bits per heavy atom. The Labute approximate surface area is 243 Å². The second-order valence-corrected chi connectivity index (χ2v) is 11.2. The quantitative estimate of drug-likeness (QED) is 0.246. The zero-order valence-corrected chi connectivity index (χ0v) is 24.8. The van der Waals surface area contributed by atoms with Crippen LogP contribution in [-0.4, -0.2) is 38.9 Å². The first-order valence-electron chi connectivity index (χ1n) is 14.4. The van der Waals surface area contributed by atoms with Gasteiger partial charge in [0.2, 0.25) is 0 Å². The molecule has 0 fully saturated rings. The number of fused-ring (bicyclic) bond motifs is 8. The second-order valence-electron chi connectivity index (χ2n) is 11.2. The van der Waals surface area contributed by atoms with Crippen molar-refractivity contribution < 1.29 is 19.4 Å². The number of Topliss-reactive ketones (excluding diaryl/α,β-unsaturated/α-hetero) is 1. The Kier molecular flexibility index (Phi) is 6.52. The number of esters is 1. The van der Waals surface area contributed by atoms with Gasteiger partial charge in [0.1, 0.15) is 5.92 Å². The summed E-state index contributed by atoms with van der Waals surface area (Å²) in [7, 11) is 1.32. The van der Waals surface area contributed by atoms with Crippen molar-refractivity contribution in [3.8, 4) is 0 Å². The molecule has 8 bridgehead atoms. The molecule has 3 aromatic rings. The summed E-state index contributed by atoms with van der Waals surface area (Å²) in [4.78, 5) is 37.6. The van der Waals surface area contributed by atoms with Crippen molar-refractivity contribution >= 4 is 47.9 Å². The maximum absolute atomic E-state index is 13.9. The number of H-pyrrole nitrogens is 3. The van der Waals surface area contributed by atoms with Crippen molar-refractivity contribution in [3.05, 3.63) is 89.7 Å². The third-order valence-corrected chi connectivity index (χ3v) is 9.16. The Bertz CT molecular complexity index is 2030. The van der Waals surface area contributed by atoms with E-state index in [2.05, 4.69) is 53.7 Å². The second kappa shape index (κ2) is 9.98. The molecule has 42 heavy (non-hydrogen) atoms. The number of allylic oxidation sites excluding steroid dienone is 2. The molecule has 8 nitrogen and oxygen atoms in total. The van der Waals surface area contributed by atoms with E-state index in [-0.39, 0.29) is 11.7 Å². The van der Waals surface area contributed by atoms with Gasteiger partial charge in [0.25, 0.3) is 0 Å². The van der Waals surface area contributed by atoms with Gasteiger partial charge in [-0.2, -0.15) is 0 Å². The lowest BCUT2D eigenvalue weighted by Crippen LogP contribution is -2.28. The van der Waals surface area contributed by atoms with Gasteiger partial charge in [0, 0.05) is 61.7 Å². The lowest BCUT2D eigenvalue weighted by atomic mass is 9.90. The van der Waals surface area contributed by atoms with E-state index >= 15 is 0 Å². The molecule has 216 valence electrons. The molecule has 5 N–H and O–H groups in total. The average molecular weight is 565 g/mol. The van der Waals surface area contributed by atoms with Crippen LogP contribution in [0.1, 0.15) is 76.9 Å². The van der Waals surface area contributed by atoms with Crippen LogP contribution in [0.15, 0.2) is 23.5 Å². The van der Waals surface area contributed by atoms with Gasteiger partial charge in [0.05, 0.1) is 24.1 Å². The maximum Gasteiger partial charge on any atom is 0.321 e. The minimum Gasteiger partial charge on any atom is -0.515 e. The predicted molar refractivity (Wildman–Crippen MR) is 165 cm³/mol. The standard InChI is InChI=1S/C34H36N4O4/c1-8-18-15(4)22-11-23-16(5)19(9-2)31(37-23)29-30(34(41)42-7)33(40)28-17(6)24(38-32(28)29)12-26-20(10-3)21(14-39)27(36-26)13-25(18)35-22/h8,11-14,16,30,35-39H,1,9-10H2,2-7H3/b21-14+,23-11-,24-12-,27-13-/t16-,30+/m0/s1. The lowest BCUT2D eigenvalue weighted by molar-refractivity contribution is -0.141. The summed E-state index contributed by atoms with van der Waals surface area (Å²) in [5, 5.41) is 16.8. The molecule has 0 saturated heterocycles. The fourth-order valence-electron chi connectivity index (χ4n) is 6.90. The molecule has 0 saturated carbocycles. The van der Waals surface area contributed by atoms with E-state index in [1.165, 1.54) is 7.11 Å². The zero-order chi connectivity index (χ0) is 30.0. The van der Waals surface area contributed by atoms with Crippen LogP contribution in [0.5, 0.6) is 0 Å². The highest BCUT2D eigenvalue weighted by molar-refractivity contribution is 6.20. The van der Waals surface area contributed by atoms with Crippen molar-refractivity contribution in [1.82, 2.24) is 20.3 Å². The molecule has 0 spiro atoms. The van der Waals surface area contributed by atoms with Crippen molar-refractivity contribution in [2.75, 3.05) is 7.11 Å². The number of rotatable bonds is 4. The Balaban J connectivity index is 1.80. The topological polar surface area (TPSA) is 123 Å². The van der Waals surface area contributed by atoms with Gasteiger partial charge in [-0.15, -0.1) is 0 Å². The summed E-state index contributed by atoms with van der Waals surface area (Å²) in [5.74, 6) is -1.87. The van der Waals surface area contributed by atoms with Crippen molar-refractivity contribution in [2.24, 2.45) is 11.8 Å². The van der Waals surface area contributed by atoms with E-state index in [1.54, 1.807) is 0 Å². The van der Waals surface area contributed by atoms with E-state index in [9.17, 15) is 14.7 Å². The number of hydrogen-bond donors (Lipinski definition) is 5. The third kappa shape index (κ3) is 3.74. The first kappa shape index (κ1) is 27.4. The SMILES string of the molecule is C=Cc1c2[nH]c(c1C)/C=C1\NC(=C(CC)[C@@H]1C)C1=c3[nH]/c(c(C)c3C(=O)[C@@H]1C(=O)OC)=C\c1[nH]c(/c(=C/O)c1CC)=C\2. The minimum absolute atomic E-state index is 0.0308. The molecule has 0 aromatic carbocycles.